The number of carbonyl (C=O) groups is 1. The Kier molecular flexibility index (Phi) is 5.04. The van der Waals surface area contributed by atoms with E-state index in [-0.39, 0.29) is 17.9 Å². The maximum Gasteiger partial charge on any atom is 0.262 e. The fraction of sp³-hybridized carbons (Fsp3) is 0.250. The van der Waals surface area contributed by atoms with Crippen LogP contribution in [-0.4, -0.2) is 21.6 Å². The second kappa shape index (κ2) is 7.23. The fourth-order valence-corrected chi connectivity index (χ4v) is 3.29. The van der Waals surface area contributed by atoms with Crippen LogP contribution >= 0.6 is 11.8 Å². The van der Waals surface area contributed by atoms with Gasteiger partial charge in [-0.2, -0.15) is 0 Å². The van der Waals surface area contributed by atoms with Gasteiger partial charge in [0.05, 0.1) is 17.4 Å². The quantitative estimate of drug-likeness (QED) is 0.394. The molecular weight excluding hydrogens is 332 g/mol. The number of ketones is 1. The molecule has 4 nitrogen and oxygen atoms in total. The summed E-state index contributed by atoms with van der Waals surface area (Å²) in [7, 11) is 0. The summed E-state index contributed by atoms with van der Waals surface area (Å²) < 4.78 is 1.46. The molecule has 1 heterocycles. The smallest absolute Gasteiger partial charge is 0.262 e. The van der Waals surface area contributed by atoms with Crippen LogP contribution in [0.1, 0.15) is 35.7 Å². The molecule has 0 aliphatic heterocycles. The molecule has 5 heteroatoms. The van der Waals surface area contributed by atoms with Crippen LogP contribution in [0.2, 0.25) is 0 Å². The molecule has 0 radical (unpaired) electrons. The van der Waals surface area contributed by atoms with Gasteiger partial charge in [-0.05, 0) is 29.9 Å². The van der Waals surface area contributed by atoms with Gasteiger partial charge in [0.1, 0.15) is 0 Å². The van der Waals surface area contributed by atoms with Gasteiger partial charge in [-0.3, -0.25) is 14.2 Å². The molecule has 25 heavy (non-hydrogen) atoms. The number of carbonyl (C=O) groups excluding carboxylic acids is 1. The zero-order chi connectivity index (χ0) is 18.0. The van der Waals surface area contributed by atoms with Crippen molar-refractivity contribution in [3.05, 3.63) is 70.0 Å². The largest absolute Gasteiger partial charge is 0.292 e. The monoisotopic (exact) mass is 352 g/mol. The molecule has 0 amide bonds. The van der Waals surface area contributed by atoms with Gasteiger partial charge >= 0.3 is 0 Å². The third-order valence-electron chi connectivity index (χ3n) is 4.21. The van der Waals surface area contributed by atoms with Crippen molar-refractivity contribution in [2.75, 3.05) is 6.26 Å². The van der Waals surface area contributed by atoms with Crippen LogP contribution in [0, 0.1) is 0 Å². The second-order valence-electron chi connectivity index (χ2n) is 6.21. The van der Waals surface area contributed by atoms with E-state index < -0.39 is 0 Å². The molecule has 0 spiro atoms. The van der Waals surface area contributed by atoms with E-state index in [1.165, 1.54) is 21.9 Å². The lowest BCUT2D eigenvalue weighted by Gasteiger charge is -2.12. The van der Waals surface area contributed by atoms with Gasteiger partial charge in [0.25, 0.3) is 5.56 Å². The Bertz CT molecular complexity index is 975. The fourth-order valence-electron chi connectivity index (χ4n) is 2.73. The zero-order valence-electron chi connectivity index (χ0n) is 14.5. The topological polar surface area (TPSA) is 52.0 Å². The van der Waals surface area contributed by atoms with Crippen molar-refractivity contribution in [1.29, 1.82) is 0 Å². The van der Waals surface area contributed by atoms with Crippen LogP contribution < -0.4 is 5.56 Å². The van der Waals surface area contributed by atoms with E-state index in [4.69, 9.17) is 0 Å². The van der Waals surface area contributed by atoms with Gasteiger partial charge in [-0.15, -0.1) is 0 Å². The number of para-hydroxylation sites is 1. The molecule has 0 N–H and O–H groups in total. The summed E-state index contributed by atoms with van der Waals surface area (Å²) in [5.74, 6) is 0.323. The van der Waals surface area contributed by atoms with Gasteiger partial charge in [-0.1, -0.05) is 62.0 Å². The van der Waals surface area contributed by atoms with Crippen LogP contribution in [0.5, 0.6) is 0 Å². The van der Waals surface area contributed by atoms with Crippen molar-refractivity contribution < 1.29 is 4.79 Å². The molecule has 0 bridgehead atoms. The summed E-state index contributed by atoms with van der Waals surface area (Å²) in [6, 6.07) is 14.8. The molecule has 0 atom stereocenters. The number of rotatable bonds is 5. The number of benzene rings is 2. The third-order valence-corrected chi connectivity index (χ3v) is 4.89. The third kappa shape index (κ3) is 3.51. The van der Waals surface area contributed by atoms with E-state index in [0.29, 0.717) is 27.5 Å². The maximum absolute atomic E-state index is 12.8. The summed E-state index contributed by atoms with van der Waals surface area (Å²) in [6.45, 7) is 4.22. The molecule has 3 aromatic rings. The second-order valence-corrected chi connectivity index (χ2v) is 6.98. The Morgan fingerprint density at radius 1 is 1.12 bits per heavy atom. The SMILES string of the molecule is CSc1nc2ccccc2c(=O)n1CC(=O)c1ccc(C(C)C)cc1. The minimum absolute atomic E-state index is 0.00609. The maximum atomic E-state index is 12.8. The zero-order valence-corrected chi connectivity index (χ0v) is 15.3. The number of fused-ring (bicyclic) bond motifs is 1. The van der Waals surface area contributed by atoms with Gasteiger partial charge in [0.2, 0.25) is 0 Å². The van der Waals surface area contributed by atoms with E-state index in [9.17, 15) is 9.59 Å². The Balaban J connectivity index is 1.98. The van der Waals surface area contributed by atoms with E-state index >= 15 is 0 Å². The minimum Gasteiger partial charge on any atom is -0.292 e. The van der Waals surface area contributed by atoms with E-state index in [1.54, 1.807) is 12.1 Å². The van der Waals surface area contributed by atoms with Crippen molar-refractivity contribution in [3.63, 3.8) is 0 Å². The van der Waals surface area contributed by atoms with Crippen molar-refractivity contribution in [3.8, 4) is 0 Å². The summed E-state index contributed by atoms with van der Waals surface area (Å²) in [5.41, 5.74) is 2.27. The number of Topliss-reactive ketones (excluding diaryl/α,β-unsaturated/α-hetero) is 1. The predicted octanol–water partition coefficient (Wildman–Crippen LogP) is 4.12. The first-order valence-electron chi connectivity index (χ1n) is 8.18. The molecule has 0 saturated heterocycles. The lowest BCUT2D eigenvalue weighted by Crippen LogP contribution is -2.27. The Morgan fingerprint density at radius 3 is 2.44 bits per heavy atom. The highest BCUT2D eigenvalue weighted by Gasteiger charge is 2.15. The van der Waals surface area contributed by atoms with Gasteiger partial charge in [0.15, 0.2) is 10.9 Å². The first-order valence-corrected chi connectivity index (χ1v) is 9.40. The molecular formula is C20H20N2O2S. The summed E-state index contributed by atoms with van der Waals surface area (Å²) in [5, 5.41) is 1.08. The lowest BCUT2D eigenvalue weighted by molar-refractivity contribution is 0.0967. The van der Waals surface area contributed by atoms with Crippen LogP contribution in [0.25, 0.3) is 10.9 Å². The Morgan fingerprint density at radius 2 is 1.80 bits per heavy atom. The summed E-state index contributed by atoms with van der Waals surface area (Å²) in [6.07, 6.45) is 1.86. The molecule has 128 valence electrons. The number of thioether (sulfide) groups is 1. The highest BCUT2D eigenvalue weighted by molar-refractivity contribution is 7.98. The van der Waals surface area contributed by atoms with Crippen LogP contribution in [-0.2, 0) is 6.54 Å². The predicted molar refractivity (Wildman–Crippen MR) is 103 cm³/mol. The van der Waals surface area contributed by atoms with Gasteiger partial charge in [-0.25, -0.2) is 4.98 Å². The Hall–Kier alpha value is -2.40. The first kappa shape index (κ1) is 17.4. The van der Waals surface area contributed by atoms with Crippen molar-refractivity contribution >= 4 is 28.4 Å². The Labute approximate surface area is 150 Å². The highest BCUT2D eigenvalue weighted by atomic mass is 32.2. The summed E-state index contributed by atoms with van der Waals surface area (Å²) >= 11 is 1.37. The van der Waals surface area contributed by atoms with Crippen molar-refractivity contribution in [1.82, 2.24) is 9.55 Å². The standard InChI is InChI=1S/C20H20N2O2S/c1-13(2)14-8-10-15(11-9-14)18(23)12-22-19(24)16-6-4-5-7-17(16)21-20(22)25-3/h4-11,13H,12H2,1-3H3. The molecule has 3 rings (SSSR count). The van der Waals surface area contributed by atoms with E-state index in [2.05, 4.69) is 18.8 Å². The van der Waals surface area contributed by atoms with E-state index in [0.717, 1.165) is 0 Å². The number of hydrogen-bond donors (Lipinski definition) is 0. The summed E-state index contributed by atoms with van der Waals surface area (Å²) in [4.78, 5) is 29.9. The first-order chi connectivity index (χ1) is 12.0. The van der Waals surface area contributed by atoms with Crippen LogP contribution in [0.15, 0.2) is 58.5 Å². The van der Waals surface area contributed by atoms with Crippen molar-refractivity contribution in [2.45, 2.75) is 31.5 Å². The van der Waals surface area contributed by atoms with Crippen molar-refractivity contribution in [2.24, 2.45) is 0 Å². The molecule has 0 unspecified atom stereocenters. The minimum atomic E-state index is -0.179. The highest BCUT2D eigenvalue weighted by Crippen LogP contribution is 2.17. The number of nitrogens with zero attached hydrogens (tertiary/aromatic N) is 2. The molecule has 2 aromatic carbocycles. The van der Waals surface area contributed by atoms with Gasteiger partial charge < -0.3 is 0 Å². The molecule has 1 aromatic heterocycles. The van der Waals surface area contributed by atoms with E-state index in [1.807, 2.05) is 42.7 Å². The molecule has 0 saturated carbocycles. The lowest BCUT2D eigenvalue weighted by atomic mass is 10.0. The normalized spacial score (nSPS) is 11.2. The molecule has 0 aliphatic carbocycles. The number of aromatic nitrogens is 2. The molecule has 0 fully saturated rings. The number of hydrogen-bond acceptors (Lipinski definition) is 4. The van der Waals surface area contributed by atoms with Crippen LogP contribution in [0.4, 0.5) is 0 Å². The van der Waals surface area contributed by atoms with Crippen LogP contribution in [0.3, 0.4) is 0 Å². The average molecular weight is 352 g/mol. The van der Waals surface area contributed by atoms with Gasteiger partial charge in [0, 0.05) is 5.56 Å². The average Bonchev–Trinajstić information content (AvgIpc) is 2.63. The molecule has 0 aliphatic rings.